The van der Waals surface area contributed by atoms with Crippen molar-refractivity contribution >= 4 is 12.1 Å². The maximum absolute atomic E-state index is 14.2. The van der Waals surface area contributed by atoms with Crippen LogP contribution in [0.1, 0.15) is 42.9 Å². The highest BCUT2D eigenvalue weighted by atomic mass is 16.7. The van der Waals surface area contributed by atoms with Gasteiger partial charge in [-0.2, -0.15) is 0 Å². The molecular weight excluding hydrogens is 598 g/mol. The van der Waals surface area contributed by atoms with Crippen LogP contribution in [0, 0.1) is 5.92 Å². The van der Waals surface area contributed by atoms with Gasteiger partial charge in [-0.25, -0.2) is 4.79 Å². The third-order valence-electron chi connectivity index (χ3n) is 8.83. The number of hydrogen-bond donors (Lipinski definition) is 0. The number of benzene rings is 3. The summed E-state index contributed by atoms with van der Waals surface area (Å²) in [5, 5.41) is 0. The van der Waals surface area contributed by atoms with E-state index in [0.717, 1.165) is 53.0 Å². The van der Waals surface area contributed by atoms with Crippen LogP contribution in [0.15, 0.2) is 91.0 Å². The Morgan fingerprint density at radius 2 is 1.51 bits per heavy atom. The second kappa shape index (κ2) is 16.5. The molecule has 2 aliphatic heterocycles. The van der Waals surface area contributed by atoms with E-state index in [1.807, 2.05) is 83.8 Å². The van der Waals surface area contributed by atoms with E-state index in [1.165, 1.54) is 0 Å². The molecule has 0 spiro atoms. The predicted octanol–water partition coefficient (Wildman–Crippen LogP) is 6.53. The smallest absolute Gasteiger partial charge is 0.497 e. The molecule has 250 valence electrons. The average Bonchev–Trinajstić information content (AvgIpc) is 3.10. The van der Waals surface area contributed by atoms with Gasteiger partial charge < -0.3 is 33.3 Å². The topological polar surface area (TPSA) is 92.8 Å². The summed E-state index contributed by atoms with van der Waals surface area (Å²) >= 11 is 0. The molecule has 4 atom stereocenters. The molecule has 3 aromatic carbocycles. The Bertz CT molecular complexity index is 1400. The number of carbonyl (C=O) groups excluding carboxylic acids is 2. The van der Waals surface area contributed by atoms with E-state index >= 15 is 0 Å². The number of likely N-dealkylation sites (tertiary alicyclic amines) is 1. The molecule has 0 bridgehead atoms. The zero-order valence-electron chi connectivity index (χ0n) is 27.5. The third-order valence-corrected chi connectivity index (χ3v) is 8.83. The van der Waals surface area contributed by atoms with Gasteiger partial charge in [-0.3, -0.25) is 4.79 Å². The van der Waals surface area contributed by atoms with Crippen LogP contribution in [-0.4, -0.2) is 68.9 Å². The Balaban J connectivity index is 1.36. The molecule has 0 radical (unpaired) electrons. The van der Waals surface area contributed by atoms with Gasteiger partial charge in [-0.1, -0.05) is 61.2 Å². The number of ether oxygens (including phenoxy) is 6. The summed E-state index contributed by atoms with van der Waals surface area (Å²) in [4.78, 5) is 28.8. The molecule has 0 aromatic heterocycles. The Morgan fingerprint density at radius 3 is 2.06 bits per heavy atom. The molecular formula is C38H45NO8. The summed E-state index contributed by atoms with van der Waals surface area (Å²) in [7, 11) is 3.27. The average molecular weight is 644 g/mol. The van der Waals surface area contributed by atoms with Crippen LogP contribution in [0.3, 0.4) is 0 Å². The molecule has 0 aliphatic carbocycles. The monoisotopic (exact) mass is 643 g/mol. The molecule has 0 saturated carbocycles. The van der Waals surface area contributed by atoms with Gasteiger partial charge in [0.2, 0.25) is 5.91 Å². The quantitative estimate of drug-likeness (QED) is 0.105. The lowest BCUT2D eigenvalue weighted by Gasteiger charge is -2.53. The fourth-order valence-corrected chi connectivity index (χ4v) is 6.29. The summed E-state index contributed by atoms with van der Waals surface area (Å²) in [6, 6.07) is 24.5. The van der Waals surface area contributed by atoms with Crippen molar-refractivity contribution in [2.24, 2.45) is 5.92 Å². The maximum atomic E-state index is 14.2. The van der Waals surface area contributed by atoms with Crippen molar-refractivity contribution in [2.75, 3.05) is 27.4 Å². The summed E-state index contributed by atoms with van der Waals surface area (Å²) in [6.45, 7) is 7.09. The van der Waals surface area contributed by atoms with Crippen LogP contribution in [-0.2, 0) is 43.2 Å². The number of hydrogen-bond acceptors (Lipinski definition) is 8. The van der Waals surface area contributed by atoms with Gasteiger partial charge in [0.25, 0.3) is 0 Å². The zero-order chi connectivity index (χ0) is 33.2. The number of β-lactam (4-membered cyclic amide) rings is 1. The van der Waals surface area contributed by atoms with E-state index in [9.17, 15) is 9.59 Å². The highest BCUT2D eigenvalue weighted by Gasteiger charge is 2.54. The van der Waals surface area contributed by atoms with Crippen LogP contribution < -0.4 is 9.47 Å². The lowest BCUT2D eigenvalue weighted by Crippen LogP contribution is -2.69. The van der Waals surface area contributed by atoms with Crippen molar-refractivity contribution in [3.8, 4) is 11.5 Å². The number of nitrogens with zero attached hydrogens (tertiary/aromatic N) is 1. The van der Waals surface area contributed by atoms with E-state index in [2.05, 4.69) is 6.58 Å². The number of amides is 1. The standard InChI is InChI=1S/C38H45NO8/c1-26(24-45-34-12-8-9-21-44-34)36-35(27(2)47-38(41)46-25-30-10-6-5-7-11-30)37(40)39(36)31(22-28-13-17-32(42-3)18-14-28)23-29-15-19-33(43-4)20-16-29/h5-7,10-11,13-20,27,31,34-36H,1,8-9,12,21-25H2,2-4H3. The van der Waals surface area contributed by atoms with E-state index in [4.69, 9.17) is 28.4 Å². The third kappa shape index (κ3) is 8.93. The van der Waals surface area contributed by atoms with E-state index in [1.54, 1.807) is 21.1 Å². The molecule has 0 N–H and O–H groups in total. The first-order valence-electron chi connectivity index (χ1n) is 16.2. The molecule has 2 fully saturated rings. The fraction of sp³-hybridized carbons (Fsp3) is 0.421. The van der Waals surface area contributed by atoms with Gasteiger partial charge in [-0.15, -0.1) is 0 Å². The van der Waals surface area contributed by atoms with E-state index < -0.39 is 24.2 Å². The fourth-order valence-electron chi connectivity index (χ4n) is 6.29. The molecule has 47 heavy (non-hydrogen) atoms. The van der Waals surface area contributed by atoms with Gasteiger partial charge in [0.15, 0.2) is 6.29 Å². The lowest BCUT2D eigenvalue weighted by molar-refractivity contribution is -0.172. The maximum Gasteiger partial charge on any atom is 0.508 e. The Kier molecular flexibility index (Phi) is 11.9. The van der Waals surface area contributed by atoms with E-state index in [0.29, 0.717) is 19.4 Å². The predicted molar refractivity (Wildman–Crippen MR) is 177 cm³/mol. The van der Waals surface area contributed by atoms with Gasteiger partial charge in [0.1, 0.15) is 24.2 Å². The minimum Gasteiger partial charge on any atom is -0.497 e. The minimum absolute atomic E-state index is 0.0777. The second-order valence-electron chi connectivity index (χ2n) is 12.1. The largest absolute Gasteiger partial charge is 0.508 e. The van der Waals surface area contributed by atoms with Gasteiger partial charge in [-0.05, 0) is 85.6 Å². The number of carbonyl (C=O) groups is 2. The van der Waals surface area contributed by atoms with Crippen LogP contribution in [0.2, 0.25) is 0 Å². The van der Waals surface area contributed by atoms with E-state index in [-0.39, 0.29) is 31.5 Å². The number of rotatable bonds is 15. The number of methoxy groups -OCH3 is 2. The molecule has 2 saturated heterocycles. The molecule has 2 heterocycles. The summed E-state index contributed by atoms with van der Waals surface area (Å²) in [5.74, 6) is 0.773. The summed E-state index contributed by atoms with van der Waals surface area (Å²) < 4.78 is 33.7. The van der Waals surface area contributed by atoms with Crippen LogP contribution in [0.25, 0.3) is 0 Å². The van der Waals surface area contributed by atoms with Gasteiger partial charge in [0, 0.05) is 12.6 Å². The molecule has 3 aromatic rings. The van der Waals surface area contributed by atoms with Crippen LogP contribution >= 0.6 is 0 Å². The molecule has 5 rings (SSSR count). The van der Waals surface area contributed by atoms with Crippen molar-refractivity contribution in [1.82, 2.24) is 4.90 Å². The first-order valence-corrected chi connectivity index (χ1v) is 16.2. The molecule has 9 heteroatoms. The normalized spacial score (nSPS) is 19.9. The molecule has 1 amide bonds. The van der Waals surface area contributed by atoms with Crippen molar-refractivity contribution in [3.63, 3.8) is 0 Å². The highest BCUT2D eigenvalue weighted by Crippen LogP contribution is 2.39. The SMILES string of the molecule is C=C(COC1CCCCO1)C1C(C(C)OC(=O)OCc2ccccc2)C(=O)N1C(Cc1ccc(OC)cc1)Cc1ccc(OC)cc1. The molecule has 9 nitrogen and oxygen atoms in total. The molecule has 4 unspecified atom stereocenters. The second-order valence-corrected chi connectivity index (χ2v) is 12.1. The Labute approximate surface area is 277 Å². The van der Waals surface area contributed by atoms with Crippen molar-refractivity contribution < 1.29 is 38.0 Å². The van der Waals surface area contributed by atoms with Gasteiger partial charge >= 0.3 is 6.16 Å². The molecule has 2 aliphatic rings. The minimum atomic E-state index is -0.822. The van der Waals surface area contributed by atoms with Gasteiger partial charge in [0.05, 0.1) is 32.8 Å². The Morgan fingerprint density at radius 1 is 0.894 bits per heavy atom. The van der Waals surface area contributed by atoms with Crippen molar-refractivity contribution in [1.29, 1.82) is 0 Å². The van der Waals surface area contributed by atoms with Crippen molar-refractivity contribution in [3.05, 3.63) is 108 Å². The first kappa shape index (κ1) is 34.0. The lowest BCUT2D eigenvalue weighted by atomic mass is 9.76. The first-order chi connectivity index (χ1) is 22.9. The van der Waals surface area contributed by atoms with Crippen LogP contribution in [0.4, 0.5) is 4.79 Å². The summed E-state index contributed by atoms with van der Waals surface area (Å²) in [5.41, 5.74) is 3.69. The van der Waals surface area contributed by atoms with Crippen molar-refractivity contribution in [2.45, 2.75) is 70.1 Å². The highest BCUT2D eigenvalue weighted by molar-refractivity contribution is 5.88. The zero-order valence-corrected chi connectivity index (χ0v) is 27.5. The van der Waals surface area contributed by atoms with Crippen LogP contribution in [0.5, 0.6) is 11.5 Å². The Hall–Kier alpha value is -4.34. The summed E-state index contributed by atoms with van der Waals surface area (Å²) in [6.07, 6.45) is 2.18.